The molecule has 1 heterocycles. The summed E-state index contributed by atoms with van der Waals surface area (Å²) in [5.41, 5.74) is 2.61. The van der Waals surface area contributed by atoms with E-state index in [9.17, 15) is 4.79 Å². The van der Waals surface area contributed by atoms with Gasteiger partial charge in [-0.2, -0.15) is 0 Å². The molecule has 1 aliphatic heterocycles. The van der Waals surface area contributed by atoms with Crippen LogP contribution in [-0.2, 0) is 4.79 Å². The number of amides is 1. The zero-order valence-corrected chi connectivity index (χ0v) is 11.6. The van der Waals surface area contributed by atoms with Crippen molar-refractivity contribution in [1.82, 2.24) is 10.3 Å². The highest BCUT2D eigenvalue weighted by Gasteiger charge is 2.29. The number of carbonyl (C=O) groups excluding carboxylic acids is 1. The smallest absolute Gasteiger partial charge is 0.250 e. The van der Waals surface area contributed by atoms with Crippen LogP contribution in [0.5, 0.6) is 0 Å². The van der Waals surface area contributed by atoms with E-state index in [1.807, 2.05) is 6.92 Å². The van der Waals surface area contributed by atoms with Crippen molar-refractivity contribution in [2.24, 2.45) is 17.2 Å². The second kappa shape index (κ2) is 5.83. The van der Waals surface area contributed by atoms with Gasteiger partial charge in [0.1, 0.15) is 0 Å². The maximum atomic E-state index is 11.5. The minimum atomic E-state index is -0.112. The fourth-order valence-electron chi connectivity index (χ4n) is 2.66. The fraction of sp³-hybridized carbons (Fsp3) is 0.923. The van der Waals surface area contributed by atoms with E-state index in [1.165, 1.54) is 19.3 Å². The highest BCUT2D eigenvalue weighted by Crippen LogP contribution is 2.34. The summed E-state index contributed by atoms with van der Waals surface area (Å²) in [7, 11) is 0. The third kappa shape index (κ3) is 3.96. The van der Waals surface area contributed by atoms with Crippen molar-refractivity contribution in [3.8, 4) is 0 Å². The number of rotatable bonds is 2. The van der Waals surface area contributed by atoms with E-state index < -0.39 is 0 Å². The molecule has 0 aromatic heterocycles. The Kier molecular flexibility index (Phi) is 4.95. The second-order valence-electron chi connectivity index (χ2n) is 6.21. The molecule has 2 unspecified atom stereocenters. The predicted molar refractivity (Wildman–Crippen MR) is 70.2 cm³/mol. The molecular formula is C13H27N3O. The summed E-state index contributed by atoms with van der Waals surface area (Å²) in [6, 6.07) is -0.112. The first-order valence-electron chi connectivity index (χ1n) is 6.60. The lowest BCUT2D eigenvalue weighted by atomic mass is 9.77. The Morgan fingerprint density at radius 2 is 2.00 bits per heavy atom. The van der Waals surface area contributed by atoms with Crippen molar-refractivity contribution in [2.75, 3.05) is 13.1 Å². The van der Waals surface area contributed by atoms with Crippen LogP contribution in [0.2, 0.25) is 0 Å². The van der Waals surface area contributed by atoms with Crippen molar-refractivity contribution in [3.63, 3.8) is 0 Å². The minimum absolute atomic E-state index is 0.0841. The van der Waals surface area contributed by atoms with Gasteiger partial charge >= 0.3 is 0 Å². The van der Waals surface area contributed by atoms with Crippen LogP contribution < -0.4 is 11.3 Å². The number of nitrogens with one attached hydrogen (secondary N) is 1. The van der Waals surface area contributed by atoms with Crippen LogP contribution >= 0.6 is 0 Å². The molecule has 0 spiro atoms. The highest BCUT2D eigenvalue weighted by atomic mass is 16.2. The van der Waals surface area contributed by atoms with Crippen LogP contribution in [-0.4, -0.2) is 29.9 Å². The van der Waals surface area contributed by atoms with Crippen LogP contribution in [0.25, 0.3) is 0 Å². The summed E-state index contributed by atoms with van der Waals surface area (Å²) >= 11 is 0. The molecule has 1 aliphatic rings. The zero-order chi connectivity index (χ0) is 13.1. The summed E-state index contributed by atoms with van der Waals surface area (Å²) in [6.45, 7) is 10.9. The van der Waals surface area contributed by atoms with Gasteiger partial charge in [0, 0.05) is 0 Å². The fourth-order valence-corrected chi connectivity index (χ4v) is 2.66. The first kappa shape index (κ1) is 14.5. The van der Waals surface area contributed by atoms with Crippen LogP contribution in [0, 0.1) is 11.3 Å². The maximum Gasteiger partial charge on any atom is 0.250 e. The van der Waals surface area contributed by atoms with Crippen molar-refractivity contribution < 1.29 is 4.79 Å². The van der Waals surface area contributed by atoms with Crippen LogP contribution in [0.4, 0.5) is 0 Å². The summed E-state index contributed by atoms with van der Waals surface area (Å²) in [5, 5.41) is 0. The van der Waals surface area contributed by atoms with Crippen molar-refractivity contribution >= 4 is 5.91 Å². The minimum Gasteiger partial charge on any atom is -0.293 e. The van der Waals surface area contributed by atoms with E-state index in [0.717, 1.165) is 19.0 Å². The highest BCUT2D eigenvalue weighted by molar-refractivity contribution is 5.80. The number of hydrogen-bond donors (Lipinski definition) is 2. The molecule has 0 bridgehead atoms. The molecule has 4 heteroatoms. The molecule has 0 radical (unpaired) electrons. The molecular weight excluding hydrogens is 214 g/mol. The van der Waals surface area contributed by atoms with Crippen LogP contribution in [0.1, 0.15) is 47.0 Å². The summed E-state index contributed by atoms with van der Waals surface area (Å²) in [6.07, 6.45) is 3.60. The lowest BCUT2D eigenvalue weighted by Crippen LogP contribution is -2.47. The van der Waals surface area contributed by atoms with Crippen molar-refractivity contribution in [2.45, 2.75) is 53.0 Å². The number of hydrogen-bond acceptors (Lipinski definition) is 3. The lowest BCUT2D eigenvalue weighted by Gasteiger charge is -2.30. The summed E-state index contributed by atoms with van der Waals surface area (Å²) < 4.78 is 0. The van der Waals surface area contributed by atoms with Crippen LogP contribution in [0.15, 0.2) is 0 Å². The second-order valence-corrected chi connectivity index (χ2v) is 6.21. The Hall–Kier alpha value is -0.610. The standard InChI is InChI=1S/C13H27N3O/c1-10(12(17)15-14)16-8-5-6-11(7-9-16)13(2,3)4/h10-11H,5-9,14H2,1-4H3,(H,15,17). The van der Waals surface area contributed by atoms with Crippen LogP contribution in [0.3, 0.4) is 0 Å². The molecule has 2 atom stereocenters. The average Bonchev–Trinajstić information content (AvgIpc) is 2.51. The Labute approximate surface area is 105 Å². The number of nitrogens with two attached hydrogens (primary N) is 1. The van der Waals surface area contributed by atoms with Gasteiger partial charge in [-0.25, -0.2) is 5.84 Å². The molecule has 1 rings (SSSR count). The van der Waals surface area contributed by atoms with Crippen molar-refractivity contribution in [3.05, 3.63) is 0 Å². The van der Waals surface area contributed by atoms with Crippen molar-refractivity contribution in [1.29, 1.82) is 0 Å². The molecule has 0 saturated carbocycles. The average molecular weight is 241 g/mol. The molecule has 0 aromatic rings. The Balaban J connectivity index is 2.56. The SMILES string of the molecule is CC(C(=O)NN)N1CCCC(C(C)(C)C)CC1. The van der Waals surface area contributed by atoms with Gasteiger partial charge < -0.3 is 0 Å². The number of hydrazine groups is 1. The van der Waals surface area contributed by atoms with E-state index in [-0.39, 0.29) is 11.9 Å². The summed E-state index contributed by atoms with van der Waals surface area (Å²) in [4.78, 5) is 13.8. The van der Waals surface area contributed by atoms with E-state index in [2.05, 4.69) is 31.1 Å². The Morgan fingerprint density at radius 3 is 2.53 bits per heavy atom. The van der Waals surface area contributed by atoms with E-state index in [4.69, 9.17) is 5.84 Å². The molecule has 0 aliphatic carbocycles. The Bertz CT molecular complexity index is 260. The quantitative estimate of drug-likeness (QED) is 0.438. The van der Waals surface area contributed by atoms with Gasteiger partial charge in [0.25, 0.3) is 5.91 Å². The maximum absolute atomic E-state index is 11.5. The summed E-state index contributed by atoms with van der Waals surface area (Å²) in [5.74, 6) is 5.86. The molecule has 1 amide bonds. The first-order valence-corrected chi connectivity index (χ1v) is 6.60. The molecule has 4 nitrogen and oxygen atoms in total. The predicted octanol–water partition coefficient (Wildman–Crippen LogP) is 1.51. The number of nitrogens with zero attached hydrogens (tertiary/aromatic N) is 1. The topological polar surface area (TPSA) is 58.4 Å². The van der Waals surface area contributed by atoms with Gasteiger partial charge in [-0.3, -0.25) is 15.1 Å². The molecule has 1 fully saturated rings. The number of carbonyl (C=O) groups is 1. The van der Waals surface area contributed by atoms with Gasteiger partial charge in [-0.15, -0.1) is 0 Å². The third-order valence-electron chi connectivity index (χ3n) is 4.06. The van der Waals surface area contributed by atoms with Gasteiger partial charge in [-0.1, -0.05) is 20.8 Å². The number of likely N-dealkylation sites (tertiary alicyclic amines) is 1. The third-order valence-corrected chi connectivity index (χ3v) is 4.06. The molecule has 100 valence electrons. The van der Waals surface area contributed by atoms with Gasteiger partial charge in [0.2, 0.25) is 0 Å². The lowest BCUT2D eigenvalue weighted by molar-refractivity contribution is -0.125. The largest absolute Gasteiger partial charge is 0.293 e. The zero-order valence-electron chi connectivity index (χ0n) is 11.6. The normalized spacial score (nSPS) is 25.1. The monoisotopic (exact) mass is 241 g/mol. The van der Waals surface area contributed by atoms with Gasteiger partial charge in [0.05, 0.1) is 6.04 Å². The molecule has 17 heavy (non-hydrogen) atoms. The van der Waals surface area contributed by atoms with E-state index >= 15 is 0 Å². The van der Waals surface area contributed by atoms with Gasteiger partial charge in [-0.05, 0) is 50.6 Å². The molecule has 1 saturated heterocycles. The van der Waals surface area contributed by atoms with Gasteiger partial charge in [0.15, 0.2) is 0 Å². The molecule has 0 aromatic carbocycles. The first-order chi connectivity index (χ1) is 7.86. The Morgan fingerprint density at radius 1 is 1.35 bits per heavy atom. The molecule has 3 N–H and O–H groups in total. The van der Waals surface area contributed by atoms with E-state index in [1.54, 1.807) is 0 Å². The van der Waals surface area contributed by atoms with E-state index in [0.29, 0.717) is 5.41 Å².